The number of fused-ring (bicyclic) bond motifs is 1. The molecular formula is C18H18N4O3. The van der Waals surface area contributed by atoms with Gasteiger partial charge < -0.3 is 10.1 Å². The molecule has 0 aliphatic carbocycles. The third kappa shape index (κ3) is 4.00. The molecule has 0 aliphatic heterocycles. The van der Waals surface area contributed by atoms with Crippen molar-refractivity contribution in [2.75, 3.05) is 13.2 Å². The largest absolute Gasteiger partial charge is 0.484 e. The Kier molecular flexibility index (Phi) is 5.03. The number of carbonyl (C=O) groups is 1. The highest BCUT2D eigenvalue weighted by Gasteiger charge is 2.09. The van der Waals surface area contributed by atoms with Crippen molar-refractivity contribution in [3.05, 3.63) is 64.8 Å². The number of pyridine rings is 1. The molecule has 2 aromatic heterocycles. The number of carbonyl (C=O) groups excluding carboxylic acids is 1. The molecule has 2 heterocycles. The van der Waals surface area contributed by atoms with Crippen LogP contribution in [0.15, 0.2) is 53.5 Å². The second-order valence-corrected chi connectivity index (χ2v) is 5.44. The molecule has 0 saturated carbocycles. The number of para-hydroxylation sites is 1. The van der Waals surface area contributed by atoms with Crippen molar-refractivity contribution >= 4 is 16.9 Å². The van der Waals surface area contributed by atoms with E-state index in [9.17, 15) is 9.59 Å². The molecule has 128 valence electrons. The fourth-order valence-electron chi connectivity index (χ4n) is 2.45. The number of amides is 1. The first-order valence-corrected chi connectivity index (χ1v) is 7.92. The maximum atomic E-state index is 12.5. The molecule has 0 atom stereocenters. The summed E-state index contributed by atoms with van der Waals surface area (Å²) >= 11 is 0. The van der Waals surface area contributed by atoms with Gasteiger partial charge in [-0.3, -0.25) is 14.2 Å². The molecule has 25 heavy (non-hydrogen) atoms. The number of aryl methyl sites for hydroxylation is 1. The Bertz CT molecular complexity index is 938. The van der Waals surface area contributed by atoms with Crippen LogP contribution in [-0.4, -0.2) is 33.6 Å². The number of nitrogens with one attached hydrogen (secondary N) is 1. The second-order valence-electron chi connectivity index (χ2n) is 5.44. The zero-order valence-corrected chi connectivity index (χ0v) is 13.8. The molecule has 1 N–H and O–H groups in total. The van der Waals surface area contributed by atoms with E-state index in [-0.39, 0.29) is 18.1 Å². The van der Waals surface area contributed by atoms with Crippen molar-refractivity contribution < 1.29 is 9.53 Å². The predicted molar refractivity (Wildman–Crippen MR) is 93.5 cm³/mol. The van der Waals surface area contributed by atoms with Crippen LogP contribution in [0.4, 0.5) is 0 Å². The highest BCUT2D eigenvalue weighted by molar-refractivity contribution is 5.77. The summed E-state index contributed by atoms with van der Waals surface area (Å²) < 4.78 is 6.90. The summed E-state index contributed by atoms with van der Waals surface area (Å²) in [5, 5.41) is 3.20. The average molecular weight is 338 g/mol. The molecule has 3 aromatic rings. The van der Waals surface area contributed by atoms with Gasteiger partial charge in [-0.2, -0.15) is 0 Å². The Hall–Kier alpha value is -3.22. The average Bonchev–Trinajstić information content (AvgIpc) is 2.63. The van der Waals surface area contributed by atoms with Crippen LogP contribution in [0.5, 0.6) is 5.75 Å². The van der Waals surface area contributed by atoms with E-state index in [1.54, 1.807) is 37.4 Å². The minimum atomic E-state index is -0.245. The van der Waals surface area contributed by atoms with E-state index in [0.29, 0.717) is 35.7 Å². The predicted octanol–water partition coefficient (Wildman–Crippen LogP) is 1.30. The maximum Gasteiger partial charge on any atom is 0.263 e. The van der Waals surface area contributed by atoms with Gasteiger partial charge in [-0.25, -0.2) is 9.97 Å². The molecule has 3 rings (SSSR count). The lowest BCUT2D eigenvalue weighted by atomic mass is 10.3. The van der Waals surface area contributed by atoms with Crippen LogP contribution in [-0.2, 0) is 11.3 Å². The van der Waals surface area contributed by atoms with E-state index in [0.717, 1.165) is 0 Å². The molecule has 0 unspecified atom stereocenters. The van der Waals surface area contributed by atoms with Gasteiger partial charge in [0.25, 0.3) is 11.5 Å². The third-order valence-electron chi connectivity index (χ3n) is 3.69. The van der Waals surface area contributed by atoms with Crippen molar-refractivity contribution in [3.8, 4) is 5.75 Å². The Balaban J connectivity index is 1.58. The van der Waals surface area contributed by atoms with Gasteiger partial charge >= 0.3 is 0 Å². The van der Waals surface area contributed by atoms with E-state index >= 15 is 0 Å². The molecule has 0 bridgehead atoms. The fourth-order valence-corrected chi connectivity index (χ4v) is 2.45. The van der Waals surface area contributed by atoms with Crippen LogP contribution in [0, 0.1) is 6.92 Å². The highest BCUT2D eigenvalue weighted by Crippen LogP contribution is 2.07. The second kappa shape index (κ2) is 7.57. The summed E-state index contributed by atoms with van der Waals surface area (Å²) in [7, 11) is 0. The zero-order chi connectivity index (χ0) is 17.6. The van der Waals surface area contributed by atoms with E-state index < -0.39 is 0 Å². The molecule has 1 aromatic carbocycles. The topological polar surface area (TPSA) is 86.1 Å². The van der Waals surface area contributed by atoms with Gasteiger partial charge in [-0.05, 0) is 31.2 Å². The van der Waals surface area contributed by atoms with Crippen LogP contribution >= 0.6 is 0 Å². The fraction of sp³-hybridized carbons (Fsp3) is 0.222. The molecule has 1 amide bonds. The lowest BCUT2D eigenvalue weighted by Crippen LogP contribution is -2.34. The third-order valence-corrected chi connectivity index (χ3v) is 3.69. The number of hydrogen-bond donors (Lipinski definition) is 1. The Morgan fingerprint density at radius 3 is 2.80 bits per heavy atom. The lowest BCUT2D eigenvalue weighted by Gasteiger charge is -2.11. The van der Waals surface area contributed by atoms with Crippen molar-refractivity contribution in [1.29, 1.82) is 0 Å². The molecular weight excluding hydrogens is 320 g/mol. The summed E-state index contributed by atoms with van der Waals surface area (Å²) in [6.07, 6.45) is 1.60. The van der Waals surface area contributed by atoms with Crippen LogP contribution in [0.1, 0.15) is 5.82 Å². The molecule has 0 saturated heterocycles. The van der Waals surface area contributed by atoms with Gasteiger partial charge in [0, 0.05) is 19.3 Å². The maximum absolute atomic E-state index is 12.5. The van der Waals surface area contributed by atoms with Gasteiger partial charge in [-0.15, -0.1) is 0 Å². The van der Waals surface area contributed by atoms with Gasteiger partial charge in [0.2, 0.25) is 0 Å². The number of benzene rings is 1. The summed E-state index contributed by atoms with van der Waals surface area (Å²) in [6.45, 7) is 2.32. The standard InChI is InChI=1S/C18H18N4O3/c1-13-21-17-15(8-5-9-20-17)18(24)22(13)11-10-19-16(23)12-25-14-6-3-2-4-7-14/h2-9H,10-12H2,1H3,(H,19,23). The van der Waals surface area contributed by atoms with Crippen LogP contribution < -0.4 is 15.6 Å². The quantitative estimate of drug-likeness (QED) is 0.732. The monoisotopic (exact) mass is 338 g/mol. The number of aromatic nitrogens is 3. The Morgan fingerprint density at radius 2 is 2.00 bits per heavy atom. The molecule has 0 radical (unpaired) electrons. The van der Waals surface area contributed by atoms with Crippen LogP contribution in [0.25, 0.3) is 11.0 Å². The normalized spacial score (nSPS) is 10.6. The summed E-state index contributed by atoms with van der Waals surface area (Å²) in [5.41, 5.74) is 0.270. The zero-order valence-electron chi connectivity index (χ0n) is 13.8. The number of nitrogens with zero attached hydrogens (tertiary/aromatic N) is 3. The molecule has 0 spiro atoms. The van der Waals surface area contributed by atoms with Crippen LogP contribution in [0.3, 0.4) is 0 Å². The van der Waals surface area contributed by atoms with E-state index in [2.05, 4.69) is 15.3 Å². The number of hydrogen-bond acceptors (Lipinski definition) is 5. The minimum Gasteiger partial charge on any atom is -0.484 e. The van der Waals surface area contributed by atoms with E-state index in [4.69, 9.17) is 4.74 Å². The summed E-state index contributed by atoms with van der Waals surface area (Å²) in [6, 6.07) is 12.5. The molecule has 0 aliphatic rings. The van der Waals surface area contributed by atoms with E-state index in [1.165, 1.54) is 4.57 Å². The van der Waals surface area contributed by atoms with Crippen LogP contribution in [0.2, 0.25) is 0 Å². The van der Waals surface area contributed by atoms with Gasteiger partial charge in [0.15, 0.2) is 12.3 Å². The molecule has 0 fully saturated rings. The van der Waals surface area contributed by atoms with Crippen molar-refractivity contribution in [3.63, 3.8) is 0 Å². The first-order valence-electron chi connectivity index (χ1n) is 7.92. The van der Waals surface area contributed by atoms with Gasteiger partial charge in [-0.1, -0.05) is 18.2 Å². The van der Waals surface area contributed by atoms with Gasteiger partial charge in [0.1, 0.15) is 11.6 Å². The smallest absolute Gasteiger partial charge is 0.263 e. The van der Waals surface area contributed by atoms with Gasteiger partial charge in [0.05, 0.1) is 5.39 Å². The van der Waals surface area contributed by atoms with E-state index in [1.807, 2.05) is 18.2 Å². The minimum absolute atomic E-state index is 0.0716. The van der Waals surface area contributed by atoms with Crippen molar-refractivity contribution in [1.82, 2.24) is 19.9 Å². The highest BCUT2D eigenvalue weighted by atomic mass is 16.5. The first kappa shape index (κ1) is 16.6. The molecule has 7 nitrogen and oxygen atoms in total. The Labute approximate surface area is 144 Å². The van der Waals surface area contributed by atoms with Crippen molar-refractivity contribution in [2.24, 2.45) is 0 Å². The lowest BCUT2D eigenvalue weighted by molar-refractivity contribution is -0.123. The summed E-state index contributed by atoms with van der Waals surface area (Å²) in [4.78, 5) is 32.7. The van der Waals surface area contributed by atoms with Crippen molar-refractivity contribution in [2.45, 2.75) is 13.5 Å². The summed E-state index contributed by atoms with van der Waals surface area (Å²) in [5.74, 6) is 0.951. The SMILES string of the molecule is Cc1nc2ncccc2c(=O)n1CCNC(=O)COc1ccccc1. The number of rotatable bonds is 6. The number of ether oxygens (including phenoxy) is 1. The molecule has 7 heteroatoms. The first-order chi connectivity index (χ1) is 12.1. The Morgan fingerprint density at radius 1 is 1.20 bits per heavy atom.